The molecule has 78 valence electrons. The van der Waals surface area contributed by atoms with Crippen LogP contribution in [0.1, 0.15) is 52.4 Å². The third kappa shape index (κ3) is 3.28. The van der Waals surface area contributed by atoms with Gasteiger partial charge in [0.05, 0.1) is 12.2 Å². The molecule has 2 atom stereocenters. The second-order valence-electron chi connectivity index (χ2n) is 4.06. The third-order valence-electron chi connectivity index (χ3n) is 3.03. The van der Waals surface area contributed by atoms with Crippen LogP contribution in [0.15, 0.2) is 0 Å². The Bertz CT molecular complexity index is 134. The first kappa shape index (κ1) is 11.0. The van der Waals surface area contributed by atoms with Crippen LogP contribution in [0.2, 0.25) is 0 Å². The number of hydrogen-bond donors (Lipinski definition) is 1. The van der Waals surface area contributed by atoms with E-state index in [0.29, 0.717) is 12.2 Å². The van der Waals surface area contributed by atoms with Crippen molar-refractivity contribution in [2.45, 2.75) is 70.6 Å². The normalized spacial score (nSPS) is 29.5. The Morgan fingerprint density at radius 3 is 2.38 bits per heavy atom. The van der Waals surface area contributed by atoms with Crippen LogP contribution in [0.5, 0.6) is 0 Å². The van der Waals surface area contributed by atoms with Gasteiger partial charge in [0.2, 0.25) is 0 Å². The first-order valence-corrected chi connectivity index (χ1v) is 5.69. The van der Waals surface area contributed by atoms with Crippen LogP contribution in [-0.4, -0.2) is 18.2 Å². The molecule has 1 saturated carbocycles. The molecule has 2 unspecified atom stereocenters. The van der Waals surface area contributed by atoms with Gasteiger partial charge in [-0.25, -0.2) is 0 Å². The third-order valence-corrected chi connectivity index (χ3v) is 3.03. The molecule has 0 saturated heterocycles. The molecule has 0 amide bonds. The van der Waals surface area contributed by atoms with Gasteiger partial charge in [0.1, 0.15) is 0 Å². The maximum absolute atomic E-state index is 6.01. The number of ether oxygens (including phenoxy) is 1. The highest BCUT2D eigenvalue weighted by atomic mass is 16.5. The highest BCUT2D eigenvalue weighted by Crippen LogP contribution is 2.22. The standard InChI is InChI=1S/C11H23NO/c1-3-9(4-2)13-11-8-6-5-7-10(11)12/h9-11H,3-8,12H2,1-2H3. The maximum Gasteiger partial charge on any atom is 0.0729 e. The second kappa shape index (κ2) is 5.61. The highest BCUT2D eigenvalue weighted by molar-refractivity contribution is 4.79. The molecule has 2 heteroatoms. The average Bonchev–Trinajstić information content (AvgIpc) is 2.17. The molecule has 0 aromatic rings. The zero-order chi connectivity index (χ0) is 9.68. The van der Waals surface area contributed by atoms with Gasteiger partial charge in [-0.15, -0.1) is 0 Å². The Labute approximate surface area is 81.8 Å². The molecule has 1 aliphatic rings. The monoisotopic (exact) mass is 185 g/mol. The van der Waals surface area contributed by atoms with Crippen molar-refractivity contribution >= 4 is 0 Å². The van der Waals surface area contributed by atoms with Gasteiger partial charge < -0.3 is 10.5 Å². The van der Waals surface area contributed by atoms with E-state index in [4.69, 9.17) is 10.5 Å². The number of rotatable bonds is 4. The fourth-order valence-electron chi connectivity index (χ4n) is 2.02. The Morgan fingerprint density at radius 2 is 1.85 bits per heavy atom. The maximum atomic E-state index is 6.01. The molecule has 0 spiro atoms. The van der Waals surface area contributed by atoms with Crippen molar-refractivity contribution in [3.63, 3.8) is 0 Å². The van der Waals surface area contributed by atoms with Gasteiger partial charge >= 0.3 is 0 Å². The van der Waals surface area contributed by atoms with E-state index in [9.17, 15) is 0 Å². The van der Waals surface area contributed by atoms with Gasteiger partial charge in [0.25, 0.3) is 0 Å². The van der Waals surface area contributed by atoms with Gasteiger partial charge in [-0.05, 0) is 25.7 Å². The fraction of sp³-hybridized carbons (Fsp3) is 1.00. The smallest absolute Gasteiger partial charge is 0.0729 e. The summed E-state index contributed by atoms with van der Waals surface area (Å²) in [6.45, 7) is 4.37. The van der Waals surface area contributed by atoms with Crippen LogP contribution in [0, 0.1) is 0 Å². The summed E-state index contributed by atoms with van der Waals surface area (Å²) in [4.78, 5) is 0. The predicted octanol–water partition coefficient (Wildman–Crippen LogP) is 2.46. The predicted molar refractivity (Wildman–Crippen MR) is 55.7 cm³/mol. The molecule has 13 heavy (non-hydrogen) atoms. The molecule has 0 radical (unpaired) electrons. The molecule has 0 aromatic carbocycles. The SMILES string of the molecule is CCC(CC)OC1CCCCC1N. The lowest BCUT2D eigenvalue weighted by Crippen LogP contribution is -2.41. The molecule has 2 N–H and O–H groups in total. The van der Waals surface area contributed by atoms with Crippen LogP contribution >= 0.6 is 0 Å². The summed E-state index contributed by atoms with van der Waals surface area (Å²) in [6, 6.07) is 0.286. The van der Waals surface area contributed by atoms with Crippen LogP contribution in [0.25, 0.3) is 0 Å². The summed E-state index contributed by atoms with van der Waals surface area (Å²) < 4.78 is 5.98. The molecular weight excluding hydrogens is 162 g/mol. The molecule has 2 nitrogen and oxygen atoms in total. The summed E-state index contributed by atoms with van der Waals surface area (Å²) >= 11 is 0. The fourth-order valence-corrected chi connectivity index (χ4v) is 2.02. The van der Waals surface area contributed by atoms with E-state index in [1.54, 1.807) is 0 Å². The number of hydrogen-bond acceptors (Lipinski definition) is 2. The quantitative estimate of drug-likeness (QED) is 0.730. The van der Waals surface area contributed by atoms with E-state index >= 15 is 0 Å². The molecule has 0 aromatic heterocycles. The van der Waals surface area contributed by atoms with E-state index in [-0.39, 0.29) is 6.04 Å². The van der Waals surface area contributed by atoms with Crippen LogP contribution < -0.4 is 5.73 Å². The molecular formula is C11H23NO. The minimum absolute atomic E-state index is 0.286. The average molecular weight is 185 g/mol. The van der Waals surface area contributed by atoms with Crippen molar-refractivity contribution in [1.29, 1.82) is 0 Å². The van der Waals surface area contributed by atoms with Crippen LogP contribution in [0.3, 0.4) is 0 Å². The summed E-state index contributed by atoms with van der Waals surface area (Å²) in [5, 5.41) is 0. The topological polar surface area (TPSA) is 35.2 Å². The molecule has 0 heterocycles. The Kier molecular flexibility index (Phi) is 4.74. The van der Waals surface area contributed by atoms with Gasteiger partial charge in [0, 0.05) is 6.04 Å². The lowest BCUT2D eigenvalue weighted by Gasteiger charge is -2.31. The molecule has 1 aliphatic carbocycles. The summed E-state index contributed by atoms with van der Waals surface area (Å²) in [5.41, 5.74) is 6.01. The van der Waals surface area contributed by atoms with Crippen molar-refractivity contribution < 1.29 is 4.74 Å². The first-order valence-electron chi connectivity index (χ1n) is 5.69. The first-order chi connectivity index (χ1) is 6.27. The Morgan fingerprint density at radius 1 is 1.23 bits per heavy atom. The van der Waals surface area contributed by atoms with Crippen molar-refractivity contribution in [1.82, 2.24) is 0 Å². The highest BCUT2D eigenvalue weighted by Gasteiger charge is 2.24. The van der Waals surface area contributed by atoms with E-state index in [2.05, 4.69) is 13.8 Å². The van der Waals surface area contributed by atoms with Crippen molar-refractivity contribution in [3.8, 4) is 0 Å². The zero-order valence-corrected chi connectivity index (χ0v) is 8.96. The van der Waals surface area contributed by atoms with E-state index in [1.165, 1.54) is 12.8 Å². The molecule has 1 rings (SSSR count). The minimum Gasteiger partial charge on any atom is -0.373 e. The summed E-state index contributed by atoms with van der Waals surface area (Å²) in [5.74, 6) is 0. The lowest BCUT2D eigenvalue weighted by atomic mass is 9.93. The van der Waals surface area contributed by atoms with Crippen LogP contribution in [-0.2, 0) is 4.74 Å². The van der Waals surface area contributed by atoms with E-state index in [0.717, 1.165) is 25.7 Å². The van der Waals surface area contributed by atoms with Gasteiger partial charge in [-0.2, -0.15) is 0 Å². The largest absolute Gasteiger partial charge is 0.373 e. The second-order valence-corrected chi connectivity index (χ2v) is 4.06. The Hall–Kier alpha value is -0.0800. The van der Waals surface area contributed by atoms with E-state index in [1.807, 2.05) is 0 Å². The Balaban J connectivity index is 2.32. The van der Waals surface area contributed by atoms with Crippen LogP contribution in [0.4, 0.5) is 0 Å². The van der Waals surface area contributed by atoms with Gasteiger partial charge in [0.15, 0.2) is 0 Å². The summed E-state index contributed by atoms with van der Waals surface area (Å²) in [7, 11) is 0. The summed E-state index contributed by atoms with van der Waals surface area (Å²) in [6.07, 6.45) is 7.86. The number of nitrogens with two attached hydrogens (primary N) is 1. The van der Waals surface area contributed by atoms with Gasteiger partial charge in [-0.3, -0.25) is 0 Å². The van der Waals surface area contributed by atoms with E-state index < -0.39 is 0 Å². The van der Waals surface area contributed by atoms with Crippen molar-refractivity contribution in [2.75, 3.05) is 0 Å². The molecule has 1 fully saturated rings. The van der Waals surface area contributed by atoms with Gasteiger partial charge in [-0.1, -0.05) is 26.7 Å². The van der Waals surface area contributed by atoms with Crippen molar-refractivity contribution in [3.05, 3.63) is 0 Å². The minimum atomic E-state index is 0.286. The zero-order valence-electron chi connectivity index (χ0n) is 8.96. The lowest BCUT2D eigenvalue weighted by molar-refractivity contribution is -0.0423. The molecule has 0 aliphatic heterocycles. The molecule has 0 bridgehead atoms. The van der Waals surface area contributed by atoms with Crippen molar-refractivity contribution in [2.24, 2.45) is 5.73 Å².